The molecule has 0 amide bonds. The van der Waals surface area contributed by atoms with Gasteiger partial charge in [-0.2, -0.15) is 0 Å². The Bertz CT molecular complexity index is 916. The number of hydrogen-bond acceptors (Lipinski definition) is 4. The number of fused-ring (bicyclic) bond motifs is 3. The van der Waals surface area contributed by atoms with E-state index in [4.69, 9.17) is 16.7 Å². The van der Waals surface area contributed by atoms with Gasteiger partial charge in [-0.05, 0) is 49.5 Å². The number of alkyl halides is 2. The number of halogens is 2. The highest BCUT2D eigenvalue weighted by Gasteiger charge is 2.50. The first-order chi connectivity index (χ1) is 13.8. The second-order valence-corrected chi connectivity index (χ2v) is 9.03. The fourth-order valence-electron chi connectivity index (χ4n) is 5.72. The van der Waals surface area contributed by atoms with Crippen LogP contribution in [-0.2, 0) is 17.1 Å². The number of carboxylic acid groups (broad SMARTS) is 1. The Morgan fingerprint density at radius 2 is 2.07 bits per heavy atom. The van der Waals surface area contributed by atoms with Crippen LogP contribution in [0.4, 0.5) is 26.1 Å². The van der Waals surface area contributed by atoms with Crippen molar-refractivity contribution in [2.45, 2.75) is 51.0 Å². The Labute approximate surface area is 168 Å². The van der Waals surface area contributed by atoms with E-state index in [1.54, 1.807) is 0 Å². The summed E-state index contributed by atoms with van der Waals surface area (Å²) in [7, 11) is 0. The van der Waals surface area contributed by atoms with E-state index < -0.39 is 11.9 Å². The summed E-state index contributed by atoms with van der Waals surface area (Å²) in [6.07, 6.45) is 2.10. The first kappa shape index (κ1) is 18.6. The summed E-state index contributed by atoms with van der Waals surface area (Å²) in [5.41, 5.74) is 0.422. The van der Waals surface area contributed by atoms with Crippen molar-refractivity contribution < 1.29 is 18.7 Å². The van der Waals surface area contributed by atoms with Gasteiger partial charge in [-0.15, -0.1) is 0 Å². The quantitative estimate of drug-likeness (QED) is 0.776. The van der Waals surface area contributed by atoms with Gasteiger partial charge in [0.2, 0.25) is 5.69 Å². The molecule has 3 atom stereocenters. The molecule has 1 aromatic rings. The molecule has 8 heteroatoms. The molecular weight excluding hydrogens is 378 g/mol. The molecule has 1 saturated carbocycles. The first-order valence-electron chi connectivity index (χ1n) is 10.4. The normalized spacial score (nSPS) is 31.5. The third-order valence-electron chi connectivity index (χ3n) is 7.43. The molecule has 6 rings (SSSR count). The van der Waals surface area contributed by atoms with E-state index in [9.17, 15) is 13.6 Å². The average molecular weight is 402 g/mol. The lowest BCUT2D eigenvalue weighted by Crippen LogP contribution is -2.56. The second kappa shape index (κ2) is 6.28. The average Bonchev–Trinajstić information content (AvgIpc) is 3.00. The van der Waals surface area contributed by atoms with Crippen LogP contribution in [0.3, 0.4) is 0 Å². The van der Waals surface area contributed by atoms with Gasteiger partial charge < -0.3 is 14.9 Å². The molecule has 1 aromatic heterocycles. The predicted octanol–water partition coefficient (Wildman–Crippen LogP) is 3.82. The number of rotatable bonds is 4. The number of carbonyl (C=O) groups is 1. The van der Waals surface area contributed by atoms with Crippen LogP contribution in [0.2, 0.25) is 0 Å². The molecule has 5 aliphatic rings. The molecule has 3 unspecified atom stereocenters. The lowest BCUT2D eigenvalue weighted by Gasteiger charge is -2.54. The molecule has 0 aromatic carbocycles. The molecule has 2 bridgehead atoms. The van der Waals surface area contributed by atoms with Crippen LogP contribution < -0.4 is 9.80 Å². The fourth-order valence-corrected chi connectivity index (χ4v) is 5.72. The van der Waals surface area contributed by atoms with Crippen LogP contribution in [0, 0.1) is 24.3 Å². The Hall–Kier alpha value is -2.43. The first-order valence-corrected chi connectivity index (χ1v) is 10.4. The van der Waals surface area contributed by atoms with Crippen molar-refractivity contribution in [1.82, 2.24) is 4.98 Å². The van der Waals surface area contributed by atoms with Crippen molar-refractivity contribution in [2.75, 3.05) is 29.4 Å². The molecule has 4 heterocycles. The topological polar surface area (TPSA) is 61.0 Å². The van der Waals surface area contributed by atoms with E-state index in [0.29, 0.717) is 30.3 Å². The molecule has 6 nitrogen and oxygen atoms in total. The third-order valence-corrected chi connectivity index (χ3v) is 7.43. The van der Waals surface area contributed by atoms with Crippen LogP contribution >= 0.6 is 0 Å². The third kappa shape index (κ3) is 2.70. The minimum Gasteiger partial charge on any atom is -0.481 e. The van der Waals surface area contributed by atoms with Crippen molar-refractivity contribution in [3.05, 3.63) is 22.5 Å². The number of anilines is 2. The van der Waals surface area contributed by atoms with Gasteiger partial charge in [0.15, 0.2) is 0 Å². The van der Waals surface area contributed by atoms with E-state index in [0.717, 1.165) is 19.4 Å². The minimum atomic E-state index is -3.00. The zero-order valence-corrected chi connectivity index (χ0v) is 16.4. The molecule has 2 aliphatic carbocycles. The van der Waals surface area contributed by atoms with E-state index in [2.05, 4.69) is 9.74 Å². The second-order valence-electron chi connectivity index (χ2n) is 9.03. The molecule has 3 saturated heterocycles. The summed E-state index contributed by atoms with van der Waals surface area (Å²) in [6.45, 7) is 11.7. The summed E-state index contributed by atoms with van der Waals surface area (Å²) in [4.78, 5) is 23.5. The van der Waals surface area contributed by atoms with Crippen molar-refractivity contribution in [2.24, 2.45) is 17.8 Å². The van der Waals surface area contributed by atoms with Crippen molar-refractivity contribution >= 4 is 23.3 Å². The summed E-state index contributed by atoms with van der Waals surface area (Å²) >= 11 is 0. The number of hydrogen-bond donors (Lipinski definition) is 1. The Morgan fingerprint density at radius 3 is 2.62 bits per heavy atom. The number of pyridine rings is 1. The van der Waals surface area contributed by atoms with E-state index in [-0.39, 0.29) is 54.3 Å². The fraction of sp³-hybridized carbons (Fsp3) is 0.667. The number of piperidine rings is 2. The summed E-state index contributed by atoms with van der Waals surface area (Å²) in [6, 6.07) is 0.193. The maximum absolute atomic E-state index is 14.8. The van der Waals surface area contributed by atoms with Crippen molar-refractivity contribution in [3.8, 4) is 0 Å². The van der Waals surface area contributed by atoms with Gasteiger partial charge in [-0.3, -0.25) is 4.79 Å². The number of aliphatic carboxylic acids is 1. The molecule has 29 heavy (non-hydrogen) atoms. The van der Waals surface area contributed by atoms with Crippen LogP contribution in [-0.4, -0.2) is 41.7 Å². The van der Waals surface area contributed by atoms with E-state index >= 15 is 0 Å². The molecular formula is C21H24F2N4O2. The van der Waals surface area contributed by atoms with Crippen molar-refractivity contribution in [3.63, 3.8) is 0 Å². The molecule has 154 valence electrons. The van der Waals surface area contributed by atoms with Gasteiger partial charge in [0.25, 0.3) is 5.92 Å². The van der Waals surface area contributed by atoms with Gasteiger partial charge in [-0.1, -0.05) is 0 Å². The lowest BCUT2D eigenvalue weighted by molar-refractivity contribution is -0.141. The number of carboxylic acids is 1. The Kier molecular flexibility index (Phi) is 4.03. The Balaban J connectivity index is 1.55. The Morgan fingerprint density at radius 1 is 1.34 bits per heavy atom. The van der Waals surface area contributed by atoms with Crippen molar-refractivity contribution in [1.29, 1.82) is 0 Å². The molecule has 0 radical (unpaired) electrons. The van der Waals surface area contributed by atoms with E-state index in [1.807, 2.05) is 11.8 Å². The SMILES string of the molecule is [C-]#[N+]c1c(N2CCC2C)nc(N2CC3CC(C2)C3CC(=O)O)c2c1C(F)(F)CC2. The van der Waals surface area contributed by atoms with Gasteiger partial charge in [0.1, 0.15) is 11.6 Å². The summed E-state index contributed by atoms with van der Waals surface area (Å²) < 4.78 is 29.6. The van der Waals surface area contributed by atoms with Crippen LogP contribution in [0.1, 0.15) is 43.7 Å². The molecule has 4 fully saturated rings. The highest BCUT2D eigenvalue weighted by atomic mass is 19.3. The van der Waals surface area contributed by atoms with Gasteiger partial charge in [0, 0.05) is 44.1 Å². The number of aromatic nitrogens is 1. The zero-order valence-electron chi connectivity index (χ0n) is 16.4. The molecule has 3 aliphatic heterocycles. The van der Waals surface area contributed by atoms with E-state index in [1.165, 1.54) is 0 Å². The minimum absolute atomic E-state index is 0.0173. The van der Waals surface area contributed by atoms with Gasteiger partial charge >= 0.3 is 5.97 Å². The highest BCUT2D eigenvalue weighted by molar-refractivity contribution is 5.79. The smallest absolute Gasteiger partial charge is 0.303 e. The molecule has 1 N–H and O–H groups in total. The van der Waals surface area contributed by atoms with Crippen LogP contribution in [0.25, 0.3) is 4.85 Å². The predicted molar refractivity (Wildman–Crippen MR) is 104 cm³/mol. The largest absolute Gasteiger partial charge is 0.481 e. The zero-order chi connectivity index (χ0) is 20.5. The van der Waals surface area contributed by atoms with Gasteiger partial charge in [0.05, 0.1) is 6.57 Å². The van der Waals surface area contributed by atoms with Crippen LogP contribution in [0.5, 0.6) is 0 Å². The highest BCUT2D eigenvalue weighted by Crippen LogP contribution is 2.55. The summed E-state index contributed by atoms with van der Waals surface area (Å²) in [5, 5.41) is 9.14. The maximum atomic E-state index is 14.8. The molecule has 0 spiro atoms. The van der Waals surface area contributed by atoms with Crippen LogP contribution in [0.15, 0.2) is 0 Å². The number of nitrogens with zero attached hydrogens (tertiary/aromatic N) is 4. The maximum Gasteiger partial charge on any atom is 0.303 e. The summed E-state index contributed by atoms with van der Waals surface area (Å²) in [5.74, 6) is -2.05. The van der Waals surface area contributed by atoms with Gasteiger partial charge in [-0.25, -0.2) is 18.6 Å². The standard InChI is InChI=1S/C21H24F2N4O2/c1-11-4-6-27(11)20-18(24-2)17-14(3-5-21(17,22)23)19(25-20)26-9-12-7-13(10-26)15(12)8-16(28)29/h11-13,15H,3-10H2,1H3,(H,28,29). The monoisotopic (exact) mass is 402 g/mol. The lowest BCUT2D eigenvalue weighted by atomic mass is 9.60.